The lowest BCUT2D eigenvalue weighted by Gasteiger charge is -2.17. The van der Waals surface area contributed by atoms with Gasteiger partial charge < -0.3 is 14.4 Å². The van der Waals surface area contributed by atoms with Crippen LogP contribution in [0.25, 0.3) is 0 Å². The molecule has 1 amide bonds. The molecule has 2 aromatic rings. The summed E-state index contributed by atoms with van der Waals surface area (Å²) in [5, 5.41) is 0. The Hall–Kier alpha value is -2.63. The standard InChI is InChI=1S/C17H19N3O3/c1-22-16-17(19-9-8-18-16)23-14-7-10-20(12-14)15(21)11-13-5-3-2-4-6-13/h2-6,8-9,14H,7,10-12H2,1H3. The molecule has 1 unspecified atom stereocenters. The Kier molecular flexibility index (Phi) is 4.71. The summed E-state index contributed by atoms with van der Waals surface area (Å²) in [6.45, 7) is 1.25. The van der Waals surface area contributed by atoms with Crippen molar-refractivity contribution in [3.63, 3.8) is 0 Å². The van der Waals surface area contributed by atoms with Crippen molar-refractivity contribution in [2.45, 2.75) is 18.9 Å². The molecular weight excluding hydrogens is 294 g/mol. The minimum atomic E-state index is -0.0830. The molecular formula is C17H19N3O3. The van der Waals surface area contributed by atoms with Crippen LogP contribution in [0, 0.1) is 0 Å². The molecule has 0 radical (unpaired) electrons. The summed E-state index contributed by atoms with van der Waals surface area (Å²) in [6.07, 6.45) is 4.23. The van der Waals surface area contributed by atoms with E-state index in [2.05, 4.69) is 9.97 Å². The number of carbonyl (C=O) groups excluding carboxylic acids is 1. The summed E-state index contributed by atoms with van der Waals surface area (Å²) >= 11 is 0. The first-order valence-corrected chi connectivity index (χ1v) is 7.59. The number of hydrogen-bond acceptors (Lipinski definition) is 5. The molecule has 2 heterocycles. The number of hydrogen-bond donors (Lipinski definition) is 0. The molecule has 3 rings (SSSR count). The van der Waals surface area contributed by atoms with Crippen LogP contribution in [0.3, 0.4) is 0 Å². The number of amides is 1. The fourth-order valence-electron chi connectivity index (χ4n) is 2.62. The predicted molar refractivity (Wildman–Crippen MR) is 84.3 cm³/mol. The average Bonchev–Trinajstić information content (AvgIpc) is 3.05. The van der Waals surface area contributed by atoms with Crippen LogP contribution in [-0.2, 0) is 11.2 Å². The summed E-state index contributed by atoms with van der Waals surface area (Å²) in [4.78, 5) is 22.4. The van der Waals surface area contributed by atoms with Crippen molar-refractivity contribution in [3.05, 3.63) is 48.3 Å². The molecule has 1 saturated heterocycles. The van der Waals surface area contributed by atoms with Gasteiger partial charge in [0, 0.05) is 25.4 Å². The van der Waals surface area contributed by atoms with Gasteiger partial charge in [0.2, 0.25) is 5.91 Å². The lowest BCUT2D eigenvalue weighted by atomic mass is 10.1. The van der Waals surface area contributed by atoms with Gasteiger partial charge in [0.05, 0.1) is 20.1 Å². The van der Waals surface area contributed by atoms with Crippen molar-refractivity contribution in [2.24, 2.45) is 0 Å². The number of ether oxygens (including phenoxy) is 2. The second kappa shape index (κ2) is 7.09. The topological polar surface area (TPSA) is 64.6 Å². The molecule has 0 aliphatic carbocycles. The van der Waals surface area contributed by atoms with E-state index in [1.807, 2.05) is 35.2 Å². The Morgan fingerprint density at radius 2 is 1.96 bits per heavy atom. The first-order chi connectivity index (χ1) is 11.3. The Morgan fingerprint density at radius 3 is 2.70 bits per heavy atom. The van der Waals surface area contributed by atoms with Crippen LogP contribution in [0.15, 0.2) is 42.7 Å². The maximum atomic E-state index is 12.4. The SMILES string of the molecule is COc1nccnc1OC1CCN(C(=O)Cc2ccccc2)C1. The summed E-state index contributed by atoms with van der Waals surface area (Å²) in [5.74, 6) is 0.854. The van der Waals surface area contributed by atoms with Crippen LogP contribution in [-0.4, -0.2) is 47.1 Å². The third-order valence-electron chi connectivity index (χ3n) is 3.80. The molecule has 6 heteroatoms. The highest BCUT2D eigenvalue weighted by Gasteiger charge is 2.28. The van der Waals surface area contributed by atoms with E-state index in [0.29, 0.717) is 31.3 Å². The van der Waals surface area contributed by atoms with Gasteiger partial charge in [-0.2, -0.15) is 0 Å². The molecule has 0 saturated carbocycles. The third kappa shape index (κ3) is 3.77. The van der Waals surface area contributed by atoms with Gasteiger partial charge in [-0.05, 0) is 5.56 Å². The Labute approximate surface area is 135 Å². The summed E-state index contributed by atoms with van der Waals surface area (Å²) in [6, 6.07) is 9.76. The van der Waals surface area contributed by atoms with Crippen LogP contribution in [0.4, 0.5) is 0 Å². The van der Waals surface area contributed by atoms with E-state index in [1.54, 1.807) is 12.4 Å². The van der Waals surface area contributed by atoms with Gasteiger partial charge in [-0.1, -0.05) is 30.3 Å². The molecule has 1 fully saturated rings. The number of rotatable bonds is 5. The minimum absolute atomic E-state index is 0.0830. The van der Waals surface area contributed by atoms with Crippen molar-refractivity contribution in [3.8, 4) is 11.8 Å². The molecule has 1 aromatic carbocycles. The lowest BCUT2D eigenvalue weighted by Crippen LogP contribution is -2.32. The van der Waals surface area contributed by atoms with Gasteiger partial charge in [-0.3, -0.25) is 4.79 Å². The molecule has 6 nitrogen and oxygen atoms in total. The molecule has 0 spiro atoms. The van der Waals surface area contributed by atoms with Gasteiger partial charge in [0.15, 0.2) is 0 Å². The molecule has 0 N–H and O–H groups in total. The van der Waals surface area contributed by atoms with Crippen molar-refractivity contribution in [1.29, 1.82) is 0 Å². The van der Waals surface area contributed by atoms with E-state index in [9.17, 15) is 4.79 Å². The van der Waals surface area contributed by atoms with Gasteiger partial charge >= 0.3 is 0 Å². The Balaban J connectivity index is 1.57. The molecule has 0 bridgehead atoms. The quantitative estimate of drug-likeness (QED) is 0.841. The third-order valence-corrected chi connectivity index (χ3v) is 3.80. The zero-order valence-corrected chi connectivity index (χ0v) is 13.0. The molecule has 23 heavy (non-hydrogen) atoms. The lowest BCUT2D eigenvalue weighted by molar-refractivity contribution is -0.129. The molecule has 120 valence electrons. The van der Waals surface area contributed by atoms with Gasteiger partial charge in [-0.25, -0.2) is 9.97 Å². The van der Waals surface area contributed by atoms with Gasteiger partial charge in [0.1, 0.15) is 6.10 Å². The van der Waals surface area contributed by atoms with Crippen molar-refractivity contribution >= 4 is 5.91 Å². The second-order valence-corrected chi connectivity index (χ2v) is 5.40. The number of nitrogens with zero attached hydrogens (tertiary/aromatic N) is 3. The van der Waals surface area contributed by atoms with Crippen molar-refractivity contribution in [1.82, 2.24) is 14.9 Å². The Morgan fingerprint density at radius 1 is 1.22 bits per heavy atom. The van der Waals surface area contributed by atoms with Gasteiger partial charge in [-0.15, -0.1) is 0 Å². The van der Waals surface area contributed by atoms with E-state index >= 15 is 0 Å². The average molecular weight is 313 g/mol. The number of carbonyl (C=O) groups is 1. The second-order valence-electron chi connectivity index (χ2n) is 5.40. The number of methoxy groups -OCH3 is 1. The molecule has 1 atom stereocenters. The monoisotopic (exact) mass is 313 g/mol. The minimum Gasteiger partial charge on any atom is -0.477 e. The maximum Gasteiger partial charge on any atom is 0.278 e. The van der Waals surface area contributed by atoms with E-state index in [0.717, 1.165) is 12.0 Å². The van der Waals surface area contributed by atoms with E-state index in [4.69, 9.17) is 9.47 Å². The zero-order valence-electron chi connectivity index (χ0n) is 13.0. The number of benzene rings is 1. The first-order valence-electron chi connectivity index (χ1n) is 7.59. The predicted octanol–water partition coefficient (Wildman–Crippen LogP) is 1.71. The smallest absolute Gasteiger partial charge is 0.278 e. The molecule has 1 aromatic heterocycles. The summed E-state index contributed by atoms with van der Waals surface area (Å²) in [7, 11) is 1.53. The fraction of sp³-hybridized carbons (Fsp3) is 0.353. The van der Waals surface area contributed by atoms with Crippen LogP contribution < -0.4 is 9.47 Å². The van der Waals surface area contributed by atoms with Crippen molar-refractivity contribution in [2.75, 3.05) is 20.2 Å². The number of likely N-dealkylation sites (tertiary alicyclic amines) is 1. The molecule has 1 aliphatic heterocycles. The van der Waals surface area contributed by atoms with E-state index < -0.39 is 0 Å². The largest absolute Gasteiger partial charge is 0.477 e. The zero-order chi connectivity index (χ0) is 16.1. The van der Waals surface area contributed by atoms with Crippen LogP contribution in [0.2, 0.25) is 0 Å². The maximum absolute atomic E-state index is 12.4. The Bertz CT molecular complexity index is 663. The van der Waals surface area contributed by atoms with Crippen LogP contribution >= 0.6 is 0 Å². The van der Waals surface area contributed by atoms with E-state index in [-0.39, 0.29) is 12.0 Å². The summed E-state index contributed by atoms with van der Waals surface area (Å²) < 4.78 is 11.0. The molecule has 1 aliphatic rings. The van der Waals surface area contributed by atoms with Crippen LogP contribution in [0.1, 0.15) is 12.0 Å². The van der Waals surface area contributed by atoms with Crippen molar-refractivity contribution < 1.29 is 14.3 Å². The highest BCUT2D eigenvalue weighted by molar-refractivity contribution is 5.79. The number of aromatic nitrogens is 2. The van der Waals surface area contributed by atoms with Gasteiger partial charge in [0.25, 0.3) is 11.8 Å². The van der Waals surface area contributed by atoms with Crippen LogP contribution in [0.5, 0.6) is 11.8 Å². The normalized spacial score (nSPS) is 17.1. The first kappa shape index (κ1) is 15.3. The highest BCUT2D eigenvalue weighted by atomic mass is 16.5. The van der Waals surface area contributed by atoms with E-state index in [1.165, 1.54) is 7.11 Å². The highest BCUT2D eigenvalue weighted by Crippen LogP contribution is 2.24. The summed E-state index contributed by atoms with van der Waals surface area (Å²) in [5.41, 5.74) is 1.03. The fourth-order valence-corrected chi connectivity index (χ4v) is 2.62.